The summed E-state index contributed by atoms with van der Waals surface area (Å²) >= 11 is 5.92. The van der Waals surface area contributed by atoms with Crippen molar-refractivity contribution >= 4 is 28.5 Å². The van der Waals surface area contributed by atoms with Crippen LogP contribution >= 0.6 is 11.6 Å². The number of anilines is 1. The topological polar surface area (TPSA) is 63.8 Å². The number of hydrogen-bond donors (Lipinski definition) is 2. The smallest absolute Gasteiger partial charge is 0.161 e. The third-order valence-electron chi connectivity index (χ3n) is 3.44. The van der Waals surface area contributed by atoms with Crippen molar-refractivity contribution in [2.45, 2.75) is 13.0 Å². The van der Waals surface area contributed by atoms with Crippen molar-refractivity contribution in [2.24, 2.45) is 5.73 Å². The molecular formula is C17H17ClN4. The van der Waals surface area contributed by atoms with Crippen molar-refractivity contribution in [3.63, 3.8) is 0 Å². The quantitative estimate of drug-likeness (QED) is 0.758. The highest BCUT2D eigenvalue weighted by atomic mass is 35.5. The van der Waals surface area contributed by atoms with E-state index >= 15 is 0 Å². The lowest BCUT2D eigenvalue weighted by molar-refractivity contribution is 0.966. The Hall–Kier alpha value is -2.17. The van der Waals surface area contributed by atoms with Gasteiger partial charge in [-0.25, -0.2) is 9.97 Å². The summed E-state index contributed by atoms with van der Waals surface area (Å²) in [6.45, 7) is 1.39. The number of nitrogens with zero attached hydrogens (tertiary/aromatic N) is 2. The molecule has 2 heterocycles. The van der Waals surface area contributed by atoms with Crippen molar-refractivity contribution in [3.8, 4) is 0 Å². The number of fused-ring (bicyclic) bond motifs is 1. The fraction of sp³-hybridized carbons (Fsp3) is 0.176. The normalized spacial score (nSPS) is 10.8. The van der Waals surface area contributed by atoms with Gasteiger partial charge in [-0.3, -0.25) is 0 Å². The molecule has 3 aromatic rings. The van der Waals surface area contributed by atoms with Crippen molar-refractivity contribution in [1.82, 2.24) is 9.97 Å². The van der Waals surface area contributed by atoms with Gasteiger partial charge in [0.05, 0.1) is 5.02 Å². The van der Waals surface area contributed by atoms with E-state index in [9.17, 15) is 0 Å². The van der Waals surface area contributed by atoms with Crippen LogP contribution in [0.4, 0.5) is 5.82 Å². The van der Waals surface area contributed by atoms with Crippen LogP contribution in [0.2, 0.25) is 5.02 Å². The number of benzene rings is 1. The van der Waals surface area contributed by atoms with Crippen LogP contribution in [0.15, 0.2) is 48.7 Å². The van der Waals surface area contributed by atoms with Crippen molar-refractivity contribution in [3.05, 3.63) is 64.8 Å². The van der Waals surface area contributed by atoms with Crippen LogP contribution in [0.3, 0.4) is 0 Å². The predicted molar refractivity (Wildman–Crippen MR) is 91.1 cm³/mol. The number of halogens is 1. The van der Waals surface area contributed by atoms with E-state index in [2.05, 4.69) is 39.6 Å². The molecule has 0 atom stereocenters. The number of nitrogens with one attached hydrogen (secondary N) is 1. The van der Waals surface area contributed by atoms with Gasteiger partial charge in [0.1, 0.15) is 5.82 Å². The maximum absolute atomic E-state index is 5.92. The summed E-state index contributed by atoms with van der Waals surface area (Å²) in [5.41, 5.74) is 8.70. The minimum atomic E-state index is 0.618. The van der Waals surface area contributed by atoms with E-state index in [0.717, 1.165) is 24.2 Å². The first kappa shape index (κ1) is 14.8. The molecule has 0 saturated carbocycles. The number of nitrogens with two attached hydrogens (primary N) is 1. The number of hydrogen-bond acceptors (Lipinski definition) is 4. The second kappa shape index (κ2) is 6.73. The van der Waals surface area contributed by atoms with E-state index in [1.165, 1.54) is 11.1 Å². The lowest BCUT2D eigenvalue weighted by Gasteiger charge is -2.07. The van der Waals surface area contributed by atoms with E-state index in [-0.39, 0.29) is 0 Å². The van der Waals surface area contributed by atoms with Gasteiger partial charge in [-0.15, -0.1) is 0 Å². The molecule has 1 aromatic carbocycles. The molecule has 3 rings (SSSR count). The Morgan fingerprint density at radius 3 is 2.59 bits per heavy atom. The first-order valence-electron chi connectivity index (χ1n) is 7.18. The Balaban J connectivity index is 1.69. The Morgan fingerprint density at radius 2 is 1.82 bits per heavy atom. The summed E-state index contributed by atoms with van der Waals surface area (Å²) in [5, 5.41) is 4.86. The molecule has 0 aliphatic rings. The lowest BCUT2D eigenvalue weighted by atomic mass is 10.1. The van der Waals surface area contributed by atoms with Gasteiger partial charge in [0.2, 0.25) is 0 Å². The fourth-order valence-corrected chi connectivity index (χ4v) is 2.43. The van der Waals surface area contributed by atoms with Gasteiger partial charge in [0.25, 0.3) is 0 Å². The second-order valence-electron chi connectivity index (χ2n) is 5.11. The molecule has 0 unspecified atom stereocenters. The van der Waals surface area contributed by atoms with Crippen LogP contribution in [0, 0.1) is 0 Å². The molecule has 112 valence electrons. The zero-order valence-corrected chi connectivity index (χ0v) is 12.8. The molecule has 0 spiro atoms. The molecule has 0 aliphatic heterocycles. The summed E-state index contributed by atoms with van der Waals surface area (Å²) in [4.78, 5) is 8.71. The SMILES string of the molecule is NCCc1ccc(CNc2ccc3cc(Cl)cnc3n2)cc1. The van der Waals surface area contributed by atoms with Crippen molar-refractivity contribution in [1.29, 1.82) is 0 Å². The highest BCUT2D eigenvalue weighted by molar-refractivity contribution is 6.31. The fourth-order valence-electron chi connectivity index (χ4n) is 2.27. The van der Waals surface area contributed by atoms with E-state index in [1.807, 2.05) is 18.2 Å². The van der Waals surface area contributed by atoms with Crippen LogP contribution < -0.4 is 11.1 Å². The number of pyridine rings is 2. The highest BCUT2D eigenvalue weighted by Crippen LogP contribution is 2.17. The highest BCUT2D eigenvalue weighted by Gasteiger charge is 2.01. The van der Waals surface area contributed by atoms with E-state index in [0.29, 0.717) is 17.2 Å². The Labute approximate surface area is 134 Å². The average Bonchev–Trinajstić information content (AvgIpc) is 2.54. The van der Waals surface area contributed by atoms with Gasteiger partial charge in [0.15, 0.2) is 5.65 Å². The van der Waals surface area contributed by atoms with Gasteiger partial charge in [0, 0.05) is 18.1 Å². The average molecular weight is 313 g/mol. The molecular weight excluding hydrogens is 296 g/mol. The van der Waals surface area contributed by atoms with Crippen LogP contribution in [0.1, 0.15) is 11.1 Å². The summed E-state index contributed by atoms with van der Waals surface area (Å²) in [5.74, 6) is 0.799. The van der Waals surface area contributed by atoms with Gasteiger partial charge in [-0.05, 0) is 42.3 Å². The van der Waals surface area contributed by atoms with Crippen LogP contribution in [0.25, 0.3) is 11.0 Å². The molecule has 5 heteroatoms. The monoisotopic (exact) mass is 312 g/mol. The van der Waals surface area contributed by atoms with Crippen LogP contribution in [-0.2, 0) is 13.0 Å². The molecule has 2 aromatic heterocycles. The Bertz CT molecular complexity index is 771. The molecule has 0 saturated heterocycles. The maximum atomic E-state index is 5.92. The second-order valence-corrected chi connectivity index (χ2v) is 5.54. The lowest BCUT2D eigenvalue weighted by Crippen LogP contribution is -2.04. The minimum Gasteiger partial charge on any atom is -0.366 e. The number of rotatable bonds is 5. The maximum Gasteiger partial charge on any atom is 0.161 e. The zero-order valence-electron chi connectivity index (χ0n) is 12.1. The van der Waals surface area contributed by atoms with E-state index < -0.39 is 0 Å². The van der Waals surface area contributed by atoms with Gasteiger partial charge >= 0.3 is 0 Å². The van der Waals surface area contributed by atoms with E-state index in [4.69, 9.17) is 17.3 Å². The van der Waals surface area contributed by atoms with Crippen LogP contribution in [-0.4, -0.2) is 16.5 Å². The molecule has 4 nitrogen and oxygen atoms in total. The molecule has 22 heavy (non-hydrogen) atoms. The predicted octanol–water partition coefficient (Wildman–Crippen LogP) is 3.40. The molecule has 0 bridgehead atoms. The van der Waals surface area contributed by atoms with Gasteiger partial charge in [-0.1, -0.05) is 35.9 Å². The van der Waals surface area contributed by atoms with E-state index in [1.54, 1.807) is 6.20 Å². The first-order valence-corrected chi connectivity index (χ1v) is 7.56. The Morgan fingerprint density at radius 1 is 1.05 bits per heavy atom. The summed E-state index contributed by atoms with van der Waals surface area (Å²) in [6, 6.07) is 14.2. The van der Waals surface area contributed by atoms with Crippen LogP contribution in [0.5, 0.6) is 0 Å². The Kier molecular flexibility index (Phi) is 4.51. The number of aromatic nitrogens is 2. The minimum absolute atomic E-state index is 0.618. The molecule has 0 aliphatic carbocycles. The summed E-state index contributed by atoms with van der Waals surface area (Å²) in [7, 11) is 0. The third kappa shape index (κ3) is 3.53. The van der Waals surface area contributed by atoms with Gasteiger partial charge in [-0.2, -0.15) is 0 Å². The van der Waals surface area contributed by atoms with Gasteiger partial charge < -0.3 is 11.1 Å². The summed E-state index contributed by atoms with van der Waals surface area (Å²) in [6.07, 6.45) is 2.52. The summed E-state index contributed by atoms with van der Waals surface area (Å²) < 4.78 is 0. The third-order valence-corrected chi connectivity index (χ3v) is 3.65. The molecule has 0 amide bonds. The molecule has 3 N–H and O–H groups in total. The first-order chi connectivity index (χ1) is 10.7. The largest absolute Gasteiger partial charge is 0.366 e. The zero-order chi connectivity index (χ0) is 15.4. The van der Waals surface area contributed by atoms with Crippen molar-refractivity contribution < 1.29 is 0 Å². The van der Waals surface area contributed by atoms with Crippen molar-refractivity contribution in [2.75, 3.05) is 11.9 Å². The molecule has 0 fully saturated rings. The molecule has 0 radical (unpaired) electrons. The standard InChI is InChI=1S/C17H17ClN4/c18-15-9-14-5-6-16(22-17(14)21-11-15)20-10-13-3-1-12(2-4-13)7-8-19/h1-6,9,11H,7-8,10,19H2,(H,20,21,22).